The van der Waals surface area contributed by atoms with Crippen LogP contribution in [0.5, 0.6) is 5.75 Å². The van der Waals surface area contributed by atoms with Crippen molar-refractivity contribution in [3.8, 4) is 5.75 Å². The van der Waals surface area contributed by atoms with Crippen LogP contribution in [-0.4, -0.2) is 15.1 Å². The van der Waals surface area contributed by atoms with Crippen molar-refractivity contribution in [1.82, 2.24) is 0 Å². The van der Waals surface area contributed by atoms with Gasteiger partial charge in [0.25, 0.3) is 0 Å². The molecular formula is C8H9NO4. The third-order valence-electron chi connectivity index (χ3n) is 1.68. The molecule has 0 bridgehead atoms. The molecule has 1 rings (SSSR count). The molecule has 5 heteroatoms. The number of benzene rings is 1. The van der Waals surface area contributed by atoms with E-state index in [9.17, 15) is 15.2 Å². The molecule has 0 radical (unpaired) electrons. The quantitative estimate of drug-likeness (QED) is 0.531. The van der Waals surface area contributed by atoms with Crippen molar-refractivity contribution in [2.24, 2.45) is 0 Å². The van der Waals surface area contributed by atoms with Gasteiger partial charge in [0.05, 0.1) is 11.5 Å². The zero-order valence-electron chi connectivity index (χ0n) is 7.02. The van der Waals surface area contributed by atoms with Gasteiger partial charge in [-0.1, -0.05) is 0 Å². The Labute approximate surface area is 74.4 Å². The molecule has 2 N–H and O–H groups in total. The SMILES string of the molecule is Cc1cc(CO)c(O)c([N+](=O)[O-])c1. The van der Waals surface area contributed by atoms with Crippen molar-refractivity contribution >= 4 is 5.69 Å². The molecule has 0 aliphatic rings. The molecule has 0 saturated heterocycles. The Bertz CT molecular complexity index is 348. The zero-order chi connectivity index (χ0) is 10.0. The lowest BCUT2D eigenvalue weighted by molar-refractivity contribution is -0.386. The molecule has 0 heterocycles. The van der Waals surface area contributed by atoms with Crippen molar-refractivity contribution in [2.75, 3.05) is 0 Å². The van der Waals surface area contributed by atoms with Crippen LogP contribution in [0.15, 0.2) is 12.1 Å². The van der Waals surface area contributed by atoms with Crippen LogP contribution in [0.4, 0.5) is 5.69 Å². The predicted molar refractivity (Wildman–Crippen MR) is 45.4 cm³/mol. The van der Waals surface area contributed by atoms with Gasteiger partial charge in [0.2, 0.25) is 0 Å². The summed E-state index contributed by atoms with van der Waals surface area (Å²) in [6.07, 6.45) is 0. The summed E-state index contributed by atoms with van der Waals surface area (Å²) in [7, 11) is 0. The first-order chi connectivity index (χ1) is 6.06. The normalized spacial score (nSPS) is 10.0. The Morgan fingerprint density at radius 2 is 2.15 bits per heavy atom. The molecule has 1 aromatic rings. The number of aliphatic hydroxyl groups excluding tert-OH is 1. The molecule has 5 nitrogen and oxygen atoms in total. The van der Waals surface area contributed by atoms with Crippen LogP contribution in [0.2, 0.25) is 0 Å². The monoisotopic (exact) mass is 183 g/mol. The molecule has 0 fully saturated rings. The number of rotatable bonds is 2. The average Bonchev–Trinajstić information content (AvgIpc) is 2.08. The van der Waals surface area contributed by atoms with Gasteiger partial charge in [0, 0.05) is 11.6 Å². The van der Waals surface area contributed by atoms with Crippen LogP contribution in [0.25, 0.3) is 0 Å². The average molecular weight is 183 g/mol. The van der Waals surface area contributed by atoms with Gasteiger partial charge in [-0.2, -0.15) is 0 Å². The van der Waals surface area contributed by atoms with Gasteiger partial charge >= 0.3 is 5.69 Å². The molecule has 1 aromatic carbocycles. The molecule has 0 amide bonds. The number of hydrogen-bond donors (Lipinski definition) is 2. The van der Waals surface area contributed by atoms with E-state index in [0.29, 0.717) is 5.56 Å². The molecule has 0 saturated carbocycles. The first kappa shape index (κ1) is 9.47. The van der Waals surface area contributed by atoms with Gasteiger partial charge in [-0.15, -0.1) is 0 Å². The van der Waals surface area contributed by atoms with Crippen LogP contribution in [0.1, 0.15) is 11.1 Å². The van der Waals surface area contributed by atoms with Gasteiger partial charge in [-0.25, -0.2) is 0 Å². The van der Waals surface area contributed by atoms with E-state index in [1.165, 1.54) is 12.1 Å². The van der Waals surface area contributed by atoms with Crippen LogP contribution >= 0.6 is 0 Å². The lowest BCUT2D eigenvalue weighted by Gasteiger charge is -2.02. The van der Waals surface area contributed by atoms with E-state index in [1.807, 2.05) is 0 Å². The zero-order valence-corrected chi connectivity index (χ0v) is 7.02. The fourth-order valence-corrected chi connectivity index (χ4v) is 1.09. The lowest BCUT2D eigenvalue weighted by atomic mass is 10.1. The van der Waals surface area contributed by atoms with Crippen LogP contribution < -0.4 is 0 Å². The van der Waals surface area contributed by atoms with Crippen LogP contribution in [0, 0.1) is 17.0 Å². The Morgan fingerprint density at radius 3 is 2.62 bits per heavy atom. The summed E-state index contributed by atoms with van der Waals surface area (Å²) in [6.45, 7) is 1.25. The van der Waals surface area contributed by atoms with Crippen molar-refractivity contribution in [3.05, 3.63) is 33.4 Å². The number of hydrogen-bond acceptors (Lipinski definition) is 4. The summed E-state index contributed by atoms with van der Waals surface area (Å²) in [5.41, 5.74) is 0.435. The van der Waals surface area contributed by atoms with Crippen LogP contribution in [0.3, 0.4) is 0 Å². The van der Waals surface area contributed by atoms with E-state index < -0.39 is 17.3 Å². The fourth-order valence-electron chi connectivity index (χ4n) is 1.09. The third kappa shape index (κ3) is 1.75. The highest BCUT2D eigenvalue weighted by molar-refractivity contribution is 5.52. The molecule has 0 atom stereocenters. The Hall–Kier alpha value is -1.62. The summed E-state index contributed by atoms with van der Waals surface area (Å²) in [4.78, 5) is 9.73. The largest absolute Gasteiger partial charge is 0.502 e. The van der Waals surface area contributed by atoms with E-state index in [1.54, 1.807) is 6.92 Å². The van der Waals surface area contributed by atoms with Crippen molar-refractivity contribution < 1.29 is 15.1 Å². The number of aliphatic hydroxyl groups is 1. The number of nitro groups is 1. The maximum absolute atomic E-state index is 10.4. The summed E-state index contributed by atoms with van der Waals surface area (Å²) in [5.74, 6) is -0.460. The number of nitrogens with zero attached hydrogens (tertiary/aromatic N) is 1. The van der Waals surface area contributed by atoms with E-state index in [2.05, 4.69) is 0 Å². The first-order valence-corrected chi connectivity index (χ1v) is 3.64. The van der Waals surface area contributed by atoms with Gasteiger partial charge in [0.1, 0.15) is 0 Å². The minimum Gasteiger partial charge on any atom is -0.502 e. The molecule has 70 valence electrons. The smallest absolute Gasteiger partial charge is 0.311 e. The maximum Gasteiger partial charge on any atom is 0.311 e. The first-order valence-electron chi connectivity index (χ1n) is 3.64. The van der Waals surface area contributed by atoms with Crippen molar-refractivity contribution in [3.63, 3.8) is 0 Å². The van der Waals surface area contributed by atoms with E-state index in [0.717, 1.165) is 0 Å². The highest BCUT2D eigenvalue weighted by Crippen LogP contribution is 2.30. The maximum atomic E-state index is 10.4. The molecular weight excluding hydrogens is 174 g/mol. The van der Waals surface area contributed by atoms with E-state index in [-0.39, 0.29) is 11.3 Å². The summed E-state index contributed by atoms with van der Waals surface area (Å²) < 4.78 is 0. The molecule has 0 spiro atoms. The molecule has 13 heavy (non-hydrogen) atoms. The van der Waals surface area contributed by atoms with Gasteiger partial charge in [-0.3, -0.25) is 10.1 Å². The Kier molecular flexibility index (Phi) is 2.48. The highest BCUT2D eigenvalue weighted by atomic mass is 16.6. The minimum absolute atomic E-state index is 0.173. The summed E-state index contributed by atoms with van der Waals surface area (Å²) >= 11 is 0. The van der Waals surface area contributed by atoms with Crippen molar-refractivity contribution in [1.29, 1.82) is 0 Å². The van der Waals surface area contributed by atoms with Crippen LogP contribution in [-0.2, 0) is 6.61 Å². The number of phenols is 1. The second-order valence-electron chi connectivity index (χ2n) is 2.71. The standard InChI is InChI=1S/C8H9NO4/c1-5-2-6(4-10)8(11)7(3-5)9(12)13/h2-3,10-11H,4H2,1H3. The summed E-state index contributed by atoms with van der Waals surface area (Å²) in [6, 6.07) is 2.76. The third-order valence-corrected chi connectivity index (χ3v) is 1.68. The van der Waals surface area contributed by atoms with Gasteiger partial charge in [-0.05, 0) is 18.6 Å². The molecule has 0 aromatic heterocycles. The van der Waals surface area contributed by atoms with Crippen molar-refractivity contribution in [2.45, 2.75) is 13.5 Å². The fraction of sp³-hybridized carbons (Fsp3) is 0.250. The second kappa shape index (κ2) is 3.40. The van der Waals surface area contributed by atoms with Gasteiger partial charge < -0.3 is 10.2 Å². The topological polar surface area (TPSA) is 83.6 Å². The molecule has 0 aliphatic carbocycles. The highest BCUT2D eigenvalue weighted by Gasteiger charge is 2.16. The predicted octanol–water partition coefficient (Wildman–Crippen LogP) is 1.10. The molecule has 0 unspecified atom stereocenters. The lowest BCUT2D eigenvalue weighted by Crippen LogP contribution is -1.94. The van der Waals surface area contributed by atoms with E-state index >= 15 is 0 Å². The number of aryl methyl sites for hydroxylation is 1. The van der Waals surface area contributed by atoms with Gasteiger partial charge in [0.15, 0.2) is 5.75 Å². The number of nitro benzene ring substituents is 1. The summed E-state index contributed by atoms with van der Waals surface area (Å²) in [5, 5.41) is 28.5. The number of aromatic hydroxyl groups is 1. The Morgan fingerprint density at radius 1 is 1.54 bits per heavy atom. The molecule has 0 aliphatic heterocycles. The van der Waals surface area contributed by atoms with E-state index in [4.69, 9.17) is 5.11 Å². The Balaban J connectivity index is 3.35. The minimum atomic E-state index is -0.679. The second-order valence-corrected chi connectivity index (χ2v) is 2.71.